The van der Waals surface area contributed by atoms with Gasteiger partial charge in [0.15, 0.2) is 0 Å². The van der Waals surface area contributed by atoms with E-state index in [-0.39, 0.29) is 0 Å². The molecule has 16 heavy (non-hydrogen) atoms. The van der Waals surface area contributed by atoms with Gasteiger partial charge in [-0.1, -0.05) is 36.4 Å². The van der Waals surface area contributed by atoms with Crippen LogP contribution >= 0.6 is 38.5 Å². The van der Waals surface area contributed by atoms with Gasteiger partial charge in [0.2, 0.25) is 0 Å². The van der Waals surface area contributed by atoms with E-state index in [0.717, 1.165) is 0 Å². The highest BCUT2D eigenvalue weighted by Gasteiger charge is 2.09. The van der Waals surface area contributed by atoms with E-state index in [1.54, 1.807) is 0 Å². The van der Waals surface area contributed by atoms with Crippen molar-refractivity contribution >= 4 is 38.5 Å². The summed E-state index contributed by atoms with van der Waals surface area (Å²) in [5.74, 6) is 0. The molecule has 0 heterocycles. The summed E-state index contributed by atoms with van der Waals surface area (Å²) in [6, 6.07) is 12.8. The topological polar surface area (TPSA) is 0 Å². The summed E-state index contributed by atoms with van der Waals surface area (Å²) in [6.45, 7) is 4.27. The summed E-state index contributed by atoms with van der Waals surface area (Å²) in [7, 11) is 0. The van der Waals surface area contributed by atoms with Gasteiger partial charge in [0.05, 0.1) is 0 Å². The van der Waals surface area contributed by atoms with Gasteiger partial charge in [-0.05, 0) is 74.6 Å². The van der Waals surface area contributed by atoms with Crippen LogP contribution in [-0.2, 0) is 0 Å². The molecule has 0 aliphatic rings. The number of hydrogen-bond donors (Lipinski definition) is 0. The average molecular weight is 387 g/mol. The van der Waals surface area contributed by atoms with Crippen molar-refractivity contribution in [1.29, 1.82) is 0 Å². The Morgan fingerprint density at radius 3 is 2.12 bits per heavy atom. The second-order valence-corrected chi connectivity index (χ2v) is 5.74. The Labute approximate surface area is 118 Å². The lowest BCUT2D eigenvalue weighted by Gasteiger charge is -2.10. The lowest BCUT2D eigenvalue weighted by atomic mass is 10.0. The molecule has 0 saturated carbocycles. The molecule has 2 heteroatoms. The molecule has 2 aromatic rings. The molecule has 0 spiro atoms. The molecule has 0 aliphatic heterocycles. The van der Waals surface area contributed by atoms with Crippen molar-refractivity contribution in [2.45, 2.75) is 13.8 Å². The van der Waals surface area contributed by atoms with Crippen molar-refractivity contribution in [2.75, 3.05) is 0 Å². The van der Waals surface area contributed by atoms with Crippen molar-refractivity contribution in [1.82, 2.24) is 0 Å². The van der Waals surface area contributed by atoms with Crippen LogP contribution in [0.25, 0.3) is 11.1 Å². The minimum atomic E-state index is 1.19. The van der Waals surface area contributed by atoms with Crippen LogP contribution in [0.5, 0.6) is 0 Å². The van der Waals surface area contributed by atoms with Crippen molar-refractivity contribution in [3.63, 3.8) is 0 Å². The van der Waals surface area contributed by atoms with Crippen LogP contribution in [-0.4, -0.2) is 0 Å². The maximum absolute atomic E-state index is 3.67. The van der Waals surface area contributed by atoms with E-state index in [1.807, 2.05) is 0 Å². The molecule has 2 rings (SSSR count). The molecule has 0 aromatic heterocycles. The third kappa shape index (κ3) is 2.18. The van der Waals surface area contributed by atoms with Gasteiger partial charge >= 0.3 is 0 Å². The first kappa shape index (κ1) is 12.1. The van der Waals surface area contributed by atoms with Gasteiger partial charge in [-0.15, -0.1) is 0 Å². The minimum absolute atomic E-state index is 1.19. The van der Waals surface area contributed by atoms with Crippen molar-refractivity contribution < 1.29 is 0 Å². The third-order valence-electron chi connectivity index (χ3n) is 2.67. The normalized spacial score (nSPS) is 10.5. The highest BCUT2D eigenvalue weighted by atomic mass is 127. The van der Waals surface area contributed by atoms with Gasteiger partial charge in [0, 0.05) is 8.04 Å². The molecule has 0 aliphatic carbocycles. The first-order valence-corrected chi connectivity index (χ1v) is 6.99. The Morgan fingerprint density at radius 1 is 0.875 bits per heavy atom. The number of benzene rings is 2. The van der Waals surface area contributed by atoms with Crippen LogP contribution in [0.1, 0.15) is 11.1 Å². The quantitative estimate of drug-likeness (QED) is 0.580. The maximum atomic E-state index is 3.67. The van der Waals surface area contributed by atoms with E-state index in [4.69, 9.17) is 0 Å². The smallest absolute Gasteiger partial charge is 0.0283 e. The molecule has 0 N–H and O–H groups in total. The van der Waals surface area contributed by atoms with Gasteiger partial charge < -0.3 is 0 Å². The molecule has 0 fully saturated rings. The predicted octanol–water partition coefficient (Wildman–Crippen LogP) is 5.34. The monoisotopic (exact) mass is 386 g/mol. The molecule has 0 unspecified atom stereocenters. The van der Waals surface area contributed by atoms with Gasteiger partial charge in [0.25, 0.3) is 0 Å². The molecule has 0 radical (unpaired) electrons. The van der Waals surface area contributed by atoms with E-state index >= 15 is 0 Å². The van der Waals surface area contributed by atoms with Crippen molar-refractivity contribution in [3.05, 3.63) is 55.6 Å². The third-order valence-corrected chi connectivity index (χ3v) is 5.16. The Morgan fingerprint density at radius 2 is 1.44 bits per heavy atom. The van der Waals surface area contributed by atoms with Crippen molar-refractivity contribution in [3.8, 4) is 11.1 Å². The molecule has 0 nitrogen and oxygen atoms in total. The zero-order valence-corrected chi connectivity index (χ0v) is 13.0. The van der Waals surface area contributed by atoms with E-state index in [1.165, 1.54) is 30.3 Å². The first-order chi connectivity index (χ1) is 7.61. The highest BCUT2D eigenvalue weighted by molar-refractivity contribution is 14.1. The van der Waals surface area contributed by atoms with Crippen LogP contribution < -0.4 is 0 Å². The van der Waals surface area contributed by atoms with Crippen LogP contribution in [0.4, 0.5) is 0 Å². The lowest BCUT2D eigenvalue weighted by molar-refractivity contribution is 1.39. The second kappa shape index (κ2) is 4.88. The van der Waals surface area contributed by atoms with Crippen LogP contribution in [0, 0.1) is 17.4 Å². The van der Waals surface area contributed by atoms with Gasteiger partial charge in [-0.2, -0.15) is 0 Å². The fraction of sp³-hybridized carbons (Fsp3) is 0.143. The Bertz CT molecular complexity index is 483. The number of rotatable bonds is 1. The van der Waals surface area contributed by atoms with Gasteiger partial charge in [-0.25, -0.2) is 0 Å². The van der Waals surface area contributed by atoms with E-state index in [2.05, 4.69) is 88.8 Å². The summed E-state index contributed by atoms with van der Waals surface area (Å²) in [6.07, 6.45) is 0. The summed E-state index contributed by atoms with van der Waals surface area (Å²) >= 11 is 6.09. The standard InChI is InChI=1S/C14H12BrI/c1-9-5-3-7-11(13(9)15)12-8-4-6-10(2)14(12)16/h3-8H,1-2H3. The minimum Gasteiger partial charge on any atom is -0.0613 e. The first-order valence-electron chi connectivity index (χ1n) is 5.12. The molecule has 0 atom stereocenters. The Hall–Kier alpha value is -0.350. The zero-order chi connectivity index (χ0) is 11.7. The predicted molar refractivity (Wildman–Crippen MR) is 81.8 cm³/mol. The highest BCUT2D eigenvalue weighted by Crippen LogP contribution is 2.34. The Kier molecular flexibility index (Phi) is 3.70. The molecule has 0 amide bonds. The maximum Gasteiger partial charge on any atom is 0.0283 e. The molecule has 82 valence electrons. The summed E-state index contributed by atoms with van der Waals surface area (Å²) in [4.78, 5) is 0. The largest absolute Gasteiger partial charge is 0.0613 e. The summed E-state index contributed by atoms with van der Waals surface area (Å²) in [5.41, 5.74) is 5.17. The average Bonchev–Trinajstić information content (AvgIpc) is 2.27. The number of halogens is 2. The van der Waals surface area contributed by atoms with Crippen LogP contribution in [0.2, 0.25) is 0 Å². The molecule has 2 aromatic carbocycles. The fourth-order valence-electron chi connectivity index (χ4n) is 1.71. The van der Waals surface area contributed by atoms with E-state index in [0.29, 0.717) is 0 Å². The van der Waals surface area contributed by atoms with E-state index < -0.39 is 0 Å². The lowest BCUT2D eigenvalue weighted by Crippen LogP contribution is -1.89. The van der Waals surface area contributed by atoms with E-state index in [9.17, 15) is 0 Å². The Balaban J connectivity index is 2.68. The van der Waals surface area contributed by atoms with Gasteiger partial charge in [0.1, 0.15) is 0 Å². The zero-order valence-electron chi connectivity index (χ0n) is 9.22. The second-order valence-electron chi connectivity index (χ2n) is 3.87. The van der Waals surface area contributed by atoms with Crippen molar-refractivity contribution in [2.24, 2.45) is 0 Å². The fourth-order valence-corrected chi connectivity index (χ4v) is 2.84. The molecular formula is C14H12BrI. The van der Waals surface area contributed by atoms with Crippen LogP contribution in [0.3, 0.4) is 0 Å². The summed E-state index contributed by atoms with van der Waals surface area (Å²) < 4.78 is 2.52. The molecular weight excluding hydrogens is 375 g/mol. The summed E-state index contributed by atoms with van der Waals surface area (Å²) in [5, 5.41) is 0. The number of aryl methyl sites for hydroxylation is 2. The SMILES string of the molecule is Cc1cccc(-c2cccc(C)c2I)c1Br. The van der Waals surface area contributed by atoms with Gasteiger partial charge in [-0.3, -0.25) is 0 Å². The van der Waals surface area contributed by atoms with Crippen LogP contribution in [0.15, 0.2) is 40.9 Å². The molecule has 0 saturated heterocycles. The number of hydrogen-bond acceptors (Lipinski definition) is 0. The molecule has 0 bridgehead atoms.